The maximum atomic E-state index is 12.2. The van der Waals surface area contributed by atoms with Crippen molar-refractivity contribution in [2.45, 2.75) is 20.8 Å². The van der Waals surface area contributed by atoms with Crippen molar-refractivity contribution < 1.29 is 4.79 Å². The van der Waals surface area contributed by atoms with Gasteiger partial charge in [0.1, 0.15) is 0 Å². The molecule has 2 aromatic heterocycles. The summed E-state index contributed by atoms with van der Waals surface area (Å²) in [6.45, 7) is 6.64. The molecule has 0 aliphatic carbocycles. The number of thiazole rings is 1. The predicted octanol–water partition coefficient (Wildman–Crippen LogP) is 2.64. The van der Waals surface area contributed by atoms with E-state index in [1.54, 1.807) is 22.4 Å². The quantitative estimate of drug-likeness (QED) is 0.854. The molecule has 5 heteroatoms. The van der Waals surface area contributed by atoms with Gasteiger partial charge in [-0.05, 0) is 26.8 Å². The third-order valence-electron chi connectivity index (χ3n) is 3.09. The van der Waals surface area contributed by atoms with Crippen LogP contribution in [0.4, 0.5) is 0 Å². The molecule has 0 aliphatic rings. The van der Waals surface area contributed by atoms with Crippen LogP contribution in [0, 0.1) is 13.8 Å². The predicted molar refractivity (Wildman–Crippen MR) is 73.5 cm³/mol. The highest BCUT2D eigenvalue weighted by Crippen LogP contribution is 2.22. The first-order valence-electron chi connectivity index (χ1n) is 5.90. The van der Waals surface area contributed by atoms with Crippen LogP contribution in [0.1, 0.15) is 28.7 Å². The van der Waals surface area contributed by atoms with Gasteiger partial charge in [0.05, 0.1) is 5.56 Å². The molecule has 0 saturated carbocycles. The number of hydrogen-bond donors (Lipinski definition) is 0. The molecular formula is C13H17N3OS. The van der Waals surface area contributed by atoms with Crippen LogP contribution in [0.5, 0.6) is 0 Å². The zero-order valence-electron chi connectivity index (χ0n) is 11.1. The van der Waals surface area contributed by atoms with Gasteiger partial charge in [-0.2, -0.15) is 0 Å². The number of aryl methyl sites for hydroxylation is 1. The van der Waals surface area contributed by atoms with Crippen molar-refractivity contribution in [2.24, 2.45) is 0 Å². The molecule has 4 nitrogen and oxygen atoms in total. The standard InChI is InChI=1S/C13H17N3OS/c1-5-15(4)12(17)11-8-9(2)16(10(11)3)13-14-6-7-18-13/h6-8H,5H2,1-4H3. The molecule has 2 rings (SSSR count). The van der Waals surface area contributed by atoms with Gasteiger partial charge in [0, 0.05) is 36.6 Å². The molecule has 0 N–H and O–H groups in total. The largest absolute Gasteiger partial charge is 0.342 e. The molecule has 18 heavy (non-hydrogen) atoms. The van der Waals surface area contributed by atoms with Gasteiger partial charge in [-0.3, -0.25) is 9.36 Å². The van der Waals surface area contributed by atoms with Crippen molar-refractivity contribution in [3.63, 3.8) is 0 Å². The number of aromatic nitrogens is 2. The molecule has 0 unspecified atom stereocenters. The third-order valence-corrected chi connectivity index (χ3v) is 3.85. The van der Waals surface area contributed by atoms with Crippen molar-refractivity contribution in [3.8, 4) is 5.13 Å². The molecule has 0 spiro atoms. The van der Waals surface area contributed by atoms with Crippen LogP contribution < -0.4 is 0 Å². The molecule has 2 heterocycles. The van der Waals surface area contributed by atoms with Crippen LogP contribution in [0.25, 0.3) is 5.13 Å². The fourth-order valence-corrected chi connectivity index (χ4v) is 2.70. The van der Waals surface area contributed by atoms with Crippen molar-refractivity contribution in [1.29, 1.82) is 0 Å². The molecular weight excluding hydrogens is 246 g/mol. The van der Waals surface area contributed by atoms with Gasteiger partial charge in [-0.15, -0.1) is 11.3 Å². The minimum absolute atomic E-state index is 0.0633. The summed E-state index contributed by atoms with van der Waals surface area (Å²) < 4.78 is 2.03. The Kier molecular flexibility index (Phi) is 3.52. The summed E-state index contributed by atoms with van der Waals surface area (Å²) in [7, 11) is 1.82. The Hall–Kier alpha value is -1.62. The number of carbonyl (C=O) groups is 1. The van der Waals surface area contributed by atoms with Crippen molar-refractivity contribution >= 4 is 17.2 Å². The lowest BCUT2D eigenvalue weighted by Crippen LogP contribution is -2.26. The first kappa shape index (κ1) is 12.8. The first-order valence-corrected chi connectivity index (χ1v) is 6.78. The number of rotatable bonds is 3. The topological polar surface area (TPSA) is 38.1 Å². The summed E-state index contributed by atoms with van der Waals surface area (Å²) >= 11 is 1.57. The minimum Gasteiger partial charge on any atom is -0.342 e. The smallest absolute Gasteiger partial charge is 0.255 e. The molecule has 0 saturated heterocycles. The van der Waals surface area contributed by atoms with Gasteiger partial charge in [0.25, 0.3) is 5.91 Å². The van der Waals surface area contributed by atoms with E-state index in [1.165, 1.54) is 0 Å². The lowest BCUT2D eigenvalue weighted by atomic mass is 10.2. The summed E-state index contributed by atoms with van der Waals surface area (Å²) in [6.07, 6.45) is 1.78. The van der Waals surface area contributed by atoms with E-state index in [-0.39, 0.29) is 5.91 Å². The second-order valence-electron chi connectivity index (χ2n) is 4.25. The van der Waals surface area contributed by atoms with Crippen LogP contribution in [0.3, 0.4) is 0 Å². The van der Waals surface area contributed by atoms with E-state index in [2.05, 4.69) is 4.98 Å². The summed E-state index contributed by atoms with van der Waals surface area (Å²) in [5, 5.41) is 2.84. The van der Waals surface area contributed by atoms with Gasteiger partial charge in [-0.25, -0.2) is 4.98 Å². The molecule has 96 valence electrons. The molecule has 0 bridgehead atoms. The van der Waals surface area contributed by atoms with Gasteiger partial charge >= 0.3 is 0 Å². The summed E-state index contributed by atoms with van der Waals surface area (Å²) in [6, 6.07) is 1.94. The van der Waals surface area contributed by atoms with Gasteiger partial charge in [-0.1, -0.05) is 0 Å². The second-order valence-corrected chi connectivity index (χ2v) is 5.13. The number of nitrogens with zero attached hydrogens (tertiary/aromatic N) is 3. The SMILES string of the molecule is CCN(C)C(=O)c1cc(C)n(-c2nccs2)c1C. The van der Waals surface area contributed by atoms with Crippen LogP contribution >= 0.6 is 11.3 Å². The van der Waals surface area contributed by atoms with E-state index in [1.807, 2.05) is 43.8 Å². The van der Waals surface area contributed by atoms with Crippen LogP contribution in [0.15, 0.2) is 17.6 Å². The third kappa shape index (κ3) is 2.06. The maximum Gasteiger partial charge on any atom is 0.255 e. The van der Waals surface area contributed by atoms with Crippen LogP contribution in [-0.2, 0) is 0 Å². The number of carbonyl (C=O) groups excluding carboxylic acids is 1. The monoisotopic (exact) mass is 263 g/mol. The highest BCUT2D eigenvalue weighted by molar-refractivity contribution is 7.12. The Labute approximate surface area is 111 Å². The Morgan fingerprint density at radius 3 is 2.78 bits per heavy atom. The average molecular weight is 263 g/mol. The lowest BCUT2D eigenvalue weighted by Gasteiger charge is -2.14. The van der Waals surface area contributed by atoms with Gasteiger partial charge < -0.3 is 4.90 Å². The Balaban J connectivity index is 2.48. The maximum absolute atomic E-state index is 12.2. The second kappa shape index (κ2) is 4.94. The van der Waals surface area contributed by atoms with E-state index >= 15 is 0 Å². The lowest BCUT2D eigenvalue weighted by molar-refractivity contribution is 0.0802. The van der Waals surface area contributed by atoms with Crippen LogP contribution in [0.2, 0.25) is 0 Å². The zero-order chi connectivity index (χ0) is 13.3. The summed E-state index contributed by atoms with van der Waals surface area (Å²) in [5.74, 6) is 0.0633. The van der Waals surface area contributed by atoms with Gasteiger partial charge in [0.15, 0.2) is 5.13 Å². The van der Waals surface area contributed by atoms with Crippen molar-refractivity contribution in [1.82, 2.24) is 14.5 Å². The Morgan fingerprint density at radius 1 is 1.50 bits per heavy atom. The van der Waals surface area contributed by atoms with E-state index in [4.69, 9.17) is 0 Å². The summed E-state index contributed by atoms with van der Waals surface area (Å²) in [5.41, 5.74) is 2.75. The average Bonchev–Trinajstić information content (AvgIpc) is 2.95. The minimum atomic E-state index is 0.0633. The molecule has 0 fully saturated rings. The molecule has 0 radical (unpaired) electrons. The summed E-state index contributed by atoms with van der Waals surface area (Å²) in [4.78, 5) is 18.2. The highest BCUT2D eigenvalue weighted by Gasteiger charge is 2.19. The fourth-order valence-electron chi connectivity index (χ4n) is 1.95. The first-order chi connectivity index (χ1) is 8.56. The van der Waals surface area contributed by atoms with E-state index in [0.717, 1.165) is 22.1 Å². The van der Waals surface area contributed by atoms with Gasteiger partial charge in [0.2, 0.25) is 0 Å². The molecule has 0 atom stereocenters. The normalized spacial score (nSPS) is 10.7. The van der Waals surface area contributed by atoms with Crippen molar-refractivity contribution in [2.75, 3.05) is 13.6 Å². The van der Waals surface area contributed by atoms with E-state index in [9.17, 15) is 4.79 Å². The Morgan fingerprint density at radius 2 is 2.22 bits per heavy atom. The number of amides is 1. The zero-order valence-corrected chi connectivity index (χ0v) is 11.9. The highest BCUT2D eigenvalue weighted by atomic mass is 32.1. The Bertz CT molecular complexity index is 557. The van der Waals surface area contributed by atoms with Crippen LogP contribution in [-0.4, -0.2) is 34.0 Å². The fraction of sp³-hybridized carbons (Fsp3) is 0.385. The molecule has 0 aromatic carbocycles. The number of hydrogen-bond acceptors (Lipinski definition) is 3. The van der Waals surface area contributed by atoms with E-state index in [0.29, 0.717) is 6.54 Å². The molecule has 0 aliphatic heterocycles. The van der Waals surface area contributed by atoms with Crippen molar-refractivity contribution in [3.05, 3.63) is 34.6 Å². The molecule has 1 amide bonds. The molecule has 2 aromatic rings. The van der Waals surface area contributed by atoms with E-state index < -0.39 is 0 Å².